The predicted octanol–water partition coefficient (Wildman–Crippen LogP) is 3.08. The van der Waals surface area contributed by atoms with E-state index in [1.807, 2.05) is 20.8 Å². The van der Waals surface area contributed by atoms with Crippen LogP contribution in [0.25, 0.3) is 11.3 Å². The highest BCUT2D eigenvalue weighted by Gasteiger charge is 2.47. The fraction of sp³-hybridized carbons (Fsp3) is 0.643. The highest BCUT2D eigenvalue weighted by Crippen LogP contribution is 2.36. The first kappa shape index (κ1) is 31.5. The van der Waals surface area contributed by atoms with Crippen LogP contribution < -0.4 is 0 Å². The maximum atomic E-state index is 14.5. The number of carbonyl (C=O) groups is 1. The van der Waals surface area contributed by atoms with E-state index in [1.54, 1.807) is 4.90 Å². The fourth-order valence-electron chi connectivity index (χ4n) is 5.75. The minimum atomic E-state index is -1.39. The molecule has 12 nitrogen and oxygen atoms in total. The number of amides is 1. The molecule has 4 heterocycles. The van der Waals surface area contributed by atoms with Crippen LogP contribution in [0.1, 0.15) is 52.5 Å². The smallest absolute Gasteiger partial charge is 0.410 e. The van der Waals surface area contributed by atoms with Gasteiger partial charge in [-0.15, -0.1) is 5.10 Å². The Hall–Kier alpha value is -2.91. The van der Waals surface area contributed by atoms with Crippen LogP contribution in [-0.2, 0) is 14.3 Å². The first-order chi connectivity index (χ1) is 20.4. The summed E-state index contributed by atoms with van der Waals surface area (Å²) in [4.78, 5) is 19.8. The maximum Gasteiger partial charge on any atom is 0.410 e. The van der Waals surface area contributed by atoms with Gasteiger partial charge in [-0.1, -0.05) is 22.0 Å². The quantitative estimate of drug-likeness (QED) is 0.410. The van der Waals surface area contributed by atoms with E-state index < -0.39 is 60.4 Å². The molecule has 5 rings (SSSR count). The number of nitrogens with zero attached hydrogens (tertiary/aromatic N) is 5. The van der Waals surface area contributed by atoms with Crippen LogP contribution in [0.5, 0.6) is 0 Å². The summed E-state index contributed by atoms with van der Waals surface area (Å²) in [6.07, 6.45) is -2.01. The lowest BCUT2D eigenvalue weighted by Gasteiger charge is -2.42. The number of aromatic nitrogens is 3. The molecule has 3 N–H and O–H groups in total. The molecule has 15 heteroatoms. The molecule has 236 valence electrons. The summed E-state index contributed by atoms with van der Waals surface area (Å²) in [6, 6.07) is 1.32. The van der Waals surface area contributed by atoms with Crippen LogP contribution >= 0.6 is 11.6 Å². The molecule has 0 unspecified atom stereocenters. The van der Waals surface area contributed by atoms with E-state index in [0.29, 0.717) is 32.4 Å². The van der Waals surface area contributed by atoms with Crippen molar-refractivity contribution in [2.75, 3.05) is 19.7 Å². The average molecular weight is 628 g/mol. The molecule has 2 fully saturated rings. The summed E-state index contributed by atoms with van der Waals surface area (Å²) in [5.74, 6) is -2.30. The van der Waals surface area contributed by atoms with Crippen molar-refractivity contribution in [2.45, 2.75) is 88.6 Å². The van der Waals surface area contributed by atoms with Gasteiger partial charge in [-0.25, -0.2) is 18.3 Å². The summed E-state index contributed by atoms with van der Waals surface area (Å²) < 4.78 is 41.0. The standard InChI is InChI=1S/C28H36ClF2N5O7/c1-28(2,3)42-27(40)35-8-6-14(7-9-35)18-10-15(43-33-18)11-20-25(38)24(26(39)21(13-37)41-20)36-12-19(32-34-36)16-4-5-17(29)23(31)22(16)30/h4-5,12,14-15,20-21,24-26,37-39H,6-11,13H2,1-3H3/t15-,20-,21-,24-,25+,26+/m1/s1. The molecule has 1 amide bonds. The van der Waals surface area contributed by atoms with Crippen LogP contribution in [0.3, 0.4) is 0 Å². The minimum absolute atomic E-state index is 0.0362. The Morgan fingerprint density at radius 1 is 1.14 bits per heavy atom. The van der Waals surface area contributed by atoms with Crippen molar-refractivity contribution >= 4 is 23.4 Å². The highest BCUT2D eigenvalue weighted by atomic mass is 35.5. The molecule has 3 aliphatic rings. The number of oxime groups is 1. The van der Waals surface area contributed by atoms with E-state index in [0.717, 1.165) is 10.4 Å². The monoisotopic (exact) mass is 627 g/mol. The van der Waals surface area contributed by atoms with Gasteiger partial charge in [-0.3, -0.25) is 0 Å². The molecule has 1 aromatic heterocycles. The number of aliphatic hydroxyl groups excluding tert-OH is 3. The van der Waals surface area contributed by atoms with Crippen molar-refractivity contribution in [3.63, 3.8) is 0 Å². The van der Waals surface area contributed by atoms with Gasteiger partial charge >= 0.3 is 6.09 Å². The minimum Gasteiger partial charge on any atom is -0.444 e. The summed E-state index contributed by atoms with van der Waals surface area (Å²) in [5.41, 5.74) is 0.0730. The number of benzene rings is 1. The molecule has 1 aromatic carbocycles. The molecule has 0 radical (unpaired) electrons. The largest absolute Gasteiger partial charge is 0.444 e. The second-order valence-corrected chi connectivity index (χ2v) is 12.6. The van der Waals surface area contributed by atoms with E-state index in [9.17, 15) is 28.9 Å². The Balaban J connectivity index is 1.22. The number of ether oxygens (including phenoxy) is 2. The number of carbonyl (C=O) groups excluding carboxylic acids is 1. The van der Waals surface area contributed by atoms with Crippen molar-refractivity contribution in [3.8, 4) is 11.3 Å². The average Bonchev–Trinajstić information content (AvgIpc) is 3.63. The van der Waals surface area contributed by atoms with E-state index in [-0.39, 0.29) is 34.7 Å². The fourth-order valence-corrected chi connectivity index (χ4v) is 5.90. The zero-order chi connectivity index (χ0) is 31.1. The number of piperidine rings is 1. The summed E-state index contributed by atoms with van der Waals surface area (Å²) in [5, 5.41) is 43.8. The van der Waals surface area contributed by atoms with Crippen molar-refractivity contribution in [2.24, 2.45) is 11.1 Å². The normalized spacial score (nSPS) is 28.5. The van der Waals surface area contributed by atoms with Crippen LogP contribution in [0, 0.1) is 17.6 Å². The van der Waals surface area contributed by atoms with Crippen LogP contribution in [0.4, 0.5) is 13.6 Å². The Morgan fingerprint density at radius 2 is 1.84 bits per heavy atom. The second-order valence-electron chi connectivity index (χ2n) is 12.2. The molecule has 0 spiro atoms. The van der Waals surface area contributed by atoms with Gasteiger partial charge in [0.25, 0.3) is 0 Å². The third-order valence-electron chi connectivity index (χ3n) is 7.99. The zero-order valence-corrected chi connectivity index (χ0v) is 24.8. The van der Waals surface area contributed by atoms with Crippen molar-refractivity contribution in [3.05, 3.63) is 35.0 Å². The van der Waals surface area contributed by atoms with Gasteiger partial charge in [-0.2, -0.15) is 0 Å². The predicted molar refractivity (Wildman–Crippen MR) is 149 cm³/mol. The van der Waals surface area contributed by atoms with Gasteiger partial charge in [0.1, 0.15) is 41.8 Å². The summed E-state index contributed by atoms with van der Waals surface area (Å²) in [7, 11) is 0. The molecular formula is C28H36ClF2N5O7. The van der Waals surface area contributed by atoms with Crippen molar-refractivity contribution in [1.82, 2.24) is 19.9 Å². The number of hydrogen-bond acceptors (Lipinski definition) is 10. The number of halogens is 3. The lowest BCUT2D eigenvalue weighted by atomic mass is 9.86. The van der Waals surface area contributed by atoms with Crippen molar-refractivity contribution < 1.29 is 43.2 Å². The van der Waals surface area contributed by atoms with E-state index in [1.165, 1.54) is 18.3 Å². The Morgan fingerprint density at radius 3 is 2.51 bits per heavy atom. The SMILES string of the molecule is CC(C)(C)OC(=O)N1CCC(C2=NO[C@@H](C[C@H]3O[C@H](CO)[C@H](O)[C@H](n4cc(-c5ccc(Cl)c(F)c5F)nn4)[C@H]3O)C2)CC1. The molecule has 0 saturated carbocycles. The highest BCUT2D eigenvalue weighted by molar-refractivity contribution is 6.30. The molecular weight excluding hydrogens is 592 g/mol. The topological polar surface area (TPSA) is 152 Å². The molecule has 43 heavy (non-hydrogen) atoms. The third kappa shape index (κ3) is 6.78. The molecule has 2 saturated heterocycles. The van der Waals surface area contributed by atoms with Gasteiger partial charge in [0.05, 0.1) is 29.6 Å². The number of hydrogen-bond donors (Lipinski definition) is 3. The first-order valence-electron chi connectivity index (χ1n) is 14.2. The second kappa shape index (κ2) is 12.6. The van der Waals surface area contributed by atoms with Gasteiger partial charge in [-0.05, 0) is 45.7 Å². The van der Waals surface area contributed by atoms with E-state index >= 15 is 0 Å². The van der Waals surface area contributed by atoms with Gasteiger partial charge in [0.15, 0.2) is 11.6 Å². The van der Waals surface area contributed by atoms with Gasteiger partial charge in [0, 0.05) is 37.4 Å². The summed E-state index contributed by atoms with van der Waals surface area (Å²) >= 11 is 5.65. The van der Waals surface area contributed by atoms with Crippen LogP contribution in [0.15, 0.2) is 23.5 Å². The van der Waals surface area contributed by atoms with Crippen LogP contribution in [0.2, 0.25) is 5.02 Å². The number of aliphatic hydroxyl groups is 3. The van der Waals surface area contributed by atoms with E-state index in [4.69, 9.17) is 25.9 Å². The number of likely N-dealkylation sites (tertiary alicyclic amines) is 1. The lowest BCUT2D eigenvalue weighted by Crippen LogP contribution is -2.56. The molecule has 3 aliphatic heterocycles. The molecule has 0 aliphatic carbocycles. The Labute approximate surface area is 252 Å². The third-order valence-corrected chi connectivity index (χ3v) is 8.28. The lowest BCUT2D eigenvalue weighted by molar-refractivity contribution is -0.212. The van der Waals surface area contributed by atoms with Gasteiger partial charge < -0.3 is 34.5 Å². The Bertz CT molecular complexity index is 1350. The number of rotatable bonds is 6. The molecule has 2 aromatic rings. The van der Waals surface area contributed by atoms with Gasteiger partial charge in [0.2, 0.25) is 0 Å². The first-order valence-corrected chi connectivity index (χ1v) is 14.6. The molecule has 6 atom stereocenters. The van der Waals surface area contributed by atoms with E-state index in [2.05, 4.69) is 15.5 Å². The molecule has 0 bridgehead atoms. The zero-order valence-electron chi connectivity index (χ0n) is 24.1. The van der Waals surface area contributed by atoms with Crippen LogP contribution in [-0.4, -0.2) is 103 Å². The maximum absolute atomic E-state index is 14.5. The van der Waals surface area contributed by atoms with Crippen molar-refractivity contribution in [1.29, 1.82) is 0 Å². The summed E-state index contributed by atoms with van der Waals surface area (Å²) in [6.45, 7) is 6.03. The Kier molecular flexibility index (Phi) is 9.23.